The fraction of sp³-hybridized carbons (Fsp3) is 0.250. The maximum atomic E-state index is 13.0. The van der Waals surface area contributed by atoms with Crippen molar-refractivity contribution in [1.29, 1.82) is 0 Å². The minimum atomic E-state index is -0.190. The molecule has 3 heterocycles. The van der Waals surface area contributed by atoms with E-state index in [1.165, 1.54) is 11.7 Å². The average Bonchev–Trinajstić information content (AvgIpc) is 3.44. The molecule has 11 heteroatoms. The first-order chi connectivity index (χ1) is 19.0. The quantitative estimate of drug-likeness (QED) is 0.319. The molecule has 1 aliphatic rings. The zero-order chi connectivity index (χ0) is 26.8. The van der Waals surface area contributed by atoms with E-state index in [0.717, 1.165) is 65.3 Å². The van der Waals surface area contributed by atoms with Crippen molar-refractivity contribution in [2.75, 3.05) is 43.9 Å². The minimum Gasteiger partial charge on any atom is -0.489 e. The van der Waals surface area contributed by atoms with Crippen molar-refractivity contribution in [3.05, 3.63) is 77.4 Å². The molecule has 1 fully saturated rings. The van der Waals surface area contributed by atoms with Crippen molar-refractivity contribution in [3.8, 4) is 5.75 Å². The lowest BCUT2D eigenvalue weighted by Crippen LogP contribution is -2.45. The number of amides is 1. The zero-order valence-corrected chi connectivity index (χ0v) is 22.3. The molecular weight excluding hydrogens is 512 g/mol. The maximum absolute atomic E-state index is 13.0. The lowest BCUT2D eigenvalue weighted by atomic mass is 10.1. The Balaban J connectivity index is 1.12. The van der Waals surface area contributed by atoms with Gasteiger partial charge in [0.1, 0.15) is 29.2 Å². The highest BCUT2D eigenvalue weighted by Crippen LogP contribution is 2.27. The molecular formula is C28H28N8O2S. The van der Waals surface area contributed by atoms with Gasteiger partial charge in [-0.1, -0.05) is 24.3 Å². The standard InChI is InChI=1S/C28H28N8O2S/c1-35-10-12-36(13-11-35)26-22-9-8-19(15-24(22)31-28(29)32-26)27(37)30-16-18-4-2-6-21(14-18)38-17-20-5-3-7-23-25(20)34-39-33-23/h2-9,14-15H,10-13,16-17H2,1H3,(H,30,37)(H2,29,31,32). The molecule has 0 bridgehead atoms. The molecule has 1 aliphatic heterocycles. The van der Waals surface area contributed by atoms with Crippen molar-refractivity contribution in [2.45, 2.75) is 13.2 Å². The summed E-state index contributed by atoms with van der Waals surface area (Å²) in [7, 11) is 2.11. The number of benzene rings is 3. The first-order valence-electron chi connectivity index (χ1n) is 12.7. The molecule has 3 N–H and O–H groups in total. The van der Waals surface area contributed by atoms with Crippen LogP contribution in [0.4, 0.5) is 11.8 Å². The van der Waals surface area contributed by atoms with Crippen LogP contribution < -0.4 is 20.7 Å². The zero-order valence-electron chi connectivity index (χ0n) is 21.5. The van der Waals surface area contributed by atoms with E-state index in [9.17, 15) is 4.79 Å². The molecule has 0 unspecified atom stereocenters. The lowest BCUT2D eigenvalue weighted by molar-refractivity contribution is 0.0951. The van der Waals surface area contributed by atoms with Gasteiger partial charge in [-0.3, -0.25) is 4.79 Å². The van der Waals surface area contributed by atoms with Crippen LogP contribution in [0.3, 0.4) is 0 Å². The Labute approximate surface area is 229 Å². The Bertz CT molecular complexity index is 1650. The monoisotopic (exact) mass is 540 g/mol. The van der Waals surface area contributed by atoms with Crippen LogP contribution in [0, 0.1) is 0 Å². The summed E-state index contributed by atoms with van der Waals surface area (Å²) in [5.74, 6) is 1.55. The highest BCUT2D eigenvalue weighted by Gasteiger charge is 2.19. The Kier molecular flexibility index (Phi) is 6.91. The number of ether oxygens (including phenoxy) is 1. The van der Waals surface area contributed by atoms with Gasteiger partial charge in [0, 0.05) is 49.2 Å². The summed E-state index contributed by atoms with van der Waals surface area (Å²) in [6, 6.07) is 19.1. The lowest BCUT2D eigenvalue weighted by Gasteiger charge is -2.33. The van der Waals surface area contributed by atoms with Gasteiger partial charge in [0.05, 0.1) is 17.2 Å². The Morgan fingerprint density at radius 3 is 2.72 bits per heavy atom. The number of nitrogen functional groups attached to an aromatic ring is 1. The van der Waals surface area contributed by atoms with Gasteiger partial charge in [0.2, 0.25) is 5.95 Å². The summed E-state index contributed by atoms with van der Waals surface area (Å²) in [4.78, 5) is 26.4. The number of fused-ring (bicyclic) bond motifs is 2. The van der Waals surface area contributed by atoms with Gasteiger partial charge < -0.3 is 25.6 Å². The third kappa shape index (κ3) is 5.45. The fourth-order valence-corrected chi connectivity index (χ4v) is 5.27. The maximum Gasteiger partial charge on any atom is 0.251 e. The van der Waals surface area contributed by atoms with Crippen LogP contribution in [-0.2, 0) is 13.2 Å². The van der Waals surface area contributed by atoms with Crippen LogP contribution in [-0.4, -0.2) is 62.7 Å². The molecule has 0 radical (unpaired) electrons. The SMILES string of the molecule is CN1CCN(c2nc(N)nc3cc(C(=O)NCc4cccc(OCc5cccc6nsnc56)c4)ccc23)CC1. The number of nitrogens with one attached hydrogen (secondary N) is 1. The van der Waals surface area contributed by atoms with Crippen molar-refractivity contribution < 1.29 is 9.53 Å². The molecule has 39 heavy (non-hydrogen) atoms. The van der Waals surface area contributed by atoms with E-state index < -0.39 is 0 Å². The number of carbonyl (C=O) groups excluding carboxylic acids is 1. The van der Waals surface area contributed by atoms with Gasteiger partial charge in [-0.25, -0.2) is 4.98 Å². The molecule has 0 spiro atoms. The van der Waals surface area contributed by atoms with Gasteiger partial charge in [0.15, 0.2) is 0 Å². The first kappa shape index (κ1) is 25.0. The van der Waals surface area contributed by atoms with Gasteiger partial charge in [0.25, 0.3) is 5.91 Å². The number of nitrogens with two attached hydrogens (primary N) is 1. The summed E-state index contributed by atoms with van der Waals surface area (Å²) < 4.78 is 14.7. The third-order valence-electron chi connectivity index (χ3n) is 6.87. The number of rotatable bonds is 7. The van der Waals surface area contributed by atoms with E-state index in [2.05, 4.69) is 40.9 Å². The van der Waals surface area contributed by atoms with Gasteiger partial charge >= 0.3 is 0 Å². The Hall–Kier alpha value is -4.35. The number of piperazine rings is 1. The Morgan fingerprint density at radius 1 is 1.00 bits per heavy atom. The summed E-state index contributed by atoms with van der Waals surface area (Å²) in [6.07, 6.45) is 0. The van der Waals surface area contributed by atoms with Crippen LogP contribution in [0.2, 0.25) is 0 Å². The Morgan fingerprint density at radius 2 is 1.85 bits per heavy atom. The summed E-state index contributed by atoms with van der Waals surface area (Å²) in [6.45, 7) is 4.39. The van der Waals surface area contributed by atoms with Crippen LogP contribution in [0.15, 0.2) is 60.7 Å². The van der Waals surface area contributed by atoms with Crippen LogP contribution >= 0.6 is 11.7 Å². The van der Waals surface area contributed by atoms with Crippen molar-refractivity contribution >= 4 is 51.3 Å². The largest absolute Gasteiger partial charge is 0.489 e. The molecule has 198 valence electrons. The fourth-order valence-electron chi connectivity index (χ4n) is 4.70. The average molecular weight is 541 g/mol. The molecule has 0 atom stereocenters. The summed E-state index contributed by atoms with van der Waals surface area (Å²) in [5.41, 5.74) is 10.9. The molecule has 5 aromatic rings. The number of aromatic nitrogens is 4. The van der Waals surface area contributed by atoms with E-state index >= 15 is 0 Å². The number of anilines is 2. The van der Waals surface area contributed by atoms with E-state index in [1.54, 1.807) is 6.07 Å². The summed E-state index contributed by atoms with van der Waals surface area (Å²) in [5, 5.41) is 3.89. The number of hydrogen-bond acceptors (Lipinski definition) is 10. The van der Waals surface area contributed by atoms with Crippen LogP contribution in [0.25, 0.3) is 21.9 Å². The second kappa shape index (κ2) is 10.8. The van der Waals surface area contributed by atoms with Crippen molar-refractivity contribution in [3.63, 3.8) is 0 Å². The molecule has 0 aliphatic carbocycles. The second-order valence-corrected chi connectivity index (χ2v) is 10.1. The minimum absolute atomic E-state index is 0.190. The predicted octanol–water partition coefficient (Wildman–Crippen LogP) is 3.48. The topological polar surface area (TPSA) is 122 Å². The number of carbonyl (C=O) groups is 1. The molecule has 1 amide bonds. The predicted molar refractivity (Wildman–Crippen MR) is 153 cm³/mol. The second-order valence-electron chi connectivity index (χ2n) is 9.60. The molecule has 6 rings (SSSR count). The summed E-state index contributed by atoms with van der Waals surface area (Å²) >= 11 is 1.19. The normalized spacial score (nSPS) is 14.1. The molecule has 1 saturated heterocycles. The number of nitrogens with zero attached hydrogens (tertiary/aromatic N) is 6. The van der Waals surface area contributed by atoms with Crippen molar-refractivity contribution in [2.24, 2.45) is 0 Å². The van der Waals surface area contributed by atoms with E-state index in [-0.39, 0.29) is 11.9 Å². The van der Waals surface area contributed by atoms with Gasteiger partial charge in [-0.05, 0) is 49.0 Å². The van der Waals surface area contributed by atoms with E-state index in [1.807, 2.05) is 54.6 Å². The number of hydrogen-bond donors (Lipinski definition) is 2. The van der Waals surface area contributed by atoms with Gasteiger partial charge in [-0.15, -0.1) is 0 Å². The highest BCUT2D eigenvalue weighted by molar-refractivity contribution is 7.00. The molecule has 2 aromatic heterocycles. The highest BCUT2D eigenvalue weighted by atomic mass is 32.1. The van der Waals surface area contributed by atoms with E-state index in [4.69, 9.17) is 10.5 Å². The smallest absolute Gasteiger partial charge is 0.251 e. The first-order valence-corrected chi connectivity index (χ1v) is 13.5. The van der Waals surface area contributed by atoms with Gasteiger partial charge in [-0.2, -0.15) is 13.7 Å². The van der Waals surface area contributed by atoms with Crippen molar-refractivity contribution in [1.82, 2.24) is 28.9 Å². The van der Waals surface area contributed by atoms with E-state index in [0.29, 0.717) is 24.2 Å². The molecule has 10 nitrogen and oxygen atoms in total. The third-order valence-corrected chi connectivity index (χ3v) is 7.42. The number of likely N-dealkylation sites (N-methyl/N-ethyl adjacent to an activating group) is 1. The molecule has 0 saturated carbocycles. The van der Waals surface area contributed by atoms with Crippen LogP contribution in [0.1, 0.15) is 21.5 Å². The van der Waals surface area contributed by atoms with Crippen LogP contribution in [0.5, 0.6) is 5.75 Å². The molecule has 3 aromatic carbocycles.